The molecule has 0 aliphatic carbocycles. The highest BCUT2D eigenvalue weighted by Gasteiger charge is 2.01. The number of aliphatic hydroxyl groups excluding tert-OH is 1. The van der Waals surface area contributed by atoms with Crippen LogP contribution in [0.25, 0.3) is 0 Å². The zero-order valence-corrected chi connectivity index (χ0v) is 11.3. The quantitative estimate of drug-likeness (QED) is 0.783. The summed E-state index contributed by atoms with van der Waals surface area (Å²) in [6.45, 7) is 2.29. The molecule has 1 heterocycles. The van der Waals surface area contributed by atoms with E-state index in [0.29, 0.717) is 6.61 Å². The van der Waals surface area contributed by atoms with Crippen LogP contribution in [-0.4, -0.2) is 35.2 Å². The maximum Gasteiger partial charge on any atom is 0.0431 e. The molecule has 3 nitrogen and oxygen atoms in total. The lowest BCUT2D eigenvalue weighted by atomic mass is 10.2. The van der Waals surface area contributed by atoms with Gasteiger partial charge in [-0.1, -0.05) is 0 Å². The summed E-state index contributed by atoms with van der Waals surface area (Å²) in [5, 5.41) is 8.67. The summed E-state index contributed by atoms with van der Waals surface area (Å²) < 4.78 is 1.03. The molecule has 0 aliphatic heterocycles. The van der Waals surface area contributed by atoms with Crippen LogP contribution in [0.1, 0.15) is 24.8 Å². The summed E-state index contributed by atoms with van der Waals surface area (Å²) >= 11 is 3.42. The Bertz CT molecular complexity index is 307. The van der Waals surface area contributed by atoms with Crippen LogP contribution in [-0.2, 0) is 6.54 Å². The highest BCUT2D eigenvalue weighted by Crippen LogP contribution is 2.11. The van der Waals surface area contributed by atoms with E-state index >= 15 is 0 Å². The Balaban J connectivity index is 2.25. The van der Waals surface area contributed by atoms with E-state index in [4.69, 9.17) is 5.11 Å². The molecule has 0 saturated heterocycles. The van der Waals surface area contributed by atoms with Crippen molar-refractivity contribution < 1.29 is 5.11 Å². The van der Waals surface area contributed by atoms with Gasteiger partial charge in [0.25, 0.3) is 0 Å². The van der Waals surface area contributed by atoms with E-state index < -0.39 is 0 Å². The maximum absolute atomic E-state index is 8.67. The van der Waals surface area contributed by atoms with Crippen LogP contribution in [0, 0.1) is 0 Å². The molecule has 0 aromatic carbocycles. The van der Waals surface area contributed by atoms with Crippen molar-refractivity contribution in [3.8, 4) is 0 Å². The van der Waals surface area contributed by atoms with E-state index in [9.17, 15) is 0 Å². The van der Waals surface area contributed by atoms with Crippen molar-refractivity contribution in [2.45, 2.75) is 25.8 Å². The van der Waals surface area contributed by atoms with Crippen LogP contribution >= 0.6 is 15.9 Å². The Hall–Kier alpha value is -0.450. The fourth-order valence-corrected chi connectivity index (χ4v) is 2.02. The third kappa shape index (κ3) is 5.58. The zero-order valence-electron chi connectivity index (χ0n) is 9.69. The predicted molar refractivity (Wildman–Crippen MR) is 69.2 cm³/mol. The lowest BCUT2D eigenvalue weighted by Gasteiger charge is -2.16. The molecule has 1 aromatic heterocycles. The minimum Gasteiger partial charge on any atom is -0.396 e. The lowest BCUT2D eigenvalue weighted by Crippen LogP contribution is -2.19. The van der Waals surface area contributed by atoms with E-state index in [-0.39, 0.29) is 0 Å². The van der Waals surface area contributed by atoms with Crippen molar-refractivity contribution in [2.24, 2.45) is 0 Å². The van der Waals surface area contributed by atoms with Crippen molar-refractivity contribution in [3.63, 3.8) is 0 Å². The minimum absolute atomic E-state index is 0.305. The third-order valence-electron chi connectivity index (χ3n) is 2.41. The molecule has 0 atom stereocenters. The summed E-state index contributed by atoms with van der Waals surface area (Å²) in [4.78, 5) is 6.42. The molecule has 4 heteroatoms. The maximum atomic E-state index is 8.67. The Kier molecular flexibility index (Phi) is 6.61. The fourth-order valence-electron chi connectivity index (χ4n) is 1.60. The number of pyridine rings is 1. The molecule has 0 spiro atoms. The summed E-state index contributed by atoms with van der Waals surface area (Å²) in [6, 6.07) is 2.09. The molecule has 0 unspecified atom stereocenters. The molecule has 0 saturated carbocycles. The van der Waals surface area contributed by atoms with Gasteiger partial charge in [-0.3, -0.25) is 4.98 Å². The molecule has 0 radical (unpaired) electrons. The first-order valence-corrected chi connectivity index (χ1v) is 6.40. The molecule has 0 bridgehead atoms. The molecule has 1 aromatic rings. The standard InChI is InChI=1S/C12H19BrN2O/c1-15(5-3-2-4-6-16)10-11-7-12(13)9-14-8-11/h7-9,16H,2-6,10H2,1H3. The molecule has 1 rings (SSSR count). The Labute approximate surface area is 106 Å². The minimum atomic E-state index is 0.305. The van der Waals surface area contributed by atoms with Crippen molar-refractivity contribution in [2.75, 3.05) is 20.2 Å². The smallest absolute Gasteiger partial charge is 0.0431 e. The number of aromatic nitrogens is 1. The van der Waals surface area contributed by atoms with Gasteiger partial charge in [-0.05, 0) is 60.4 Å². The number of aliphatic hydroxyl groups is 1. The Morgan fingerprint density at radius 3 is 2.81 bits per heavy atom. The molecular weight excluding hydrogens is 268 g/mol. The SMILES string of the molecule is CN(CCCCCO)Cc1cncc(Br)c1. The van der Waals surface area contributed by atoms with Crippen LogP contribution in [0.2, 0.25) is 0 Å². The lowest BCUT2D eigenvalue weighted by molar-refractivity contribution is 0.271. The molecule has 16 heavy (non-hydrogen) atoms. The van der Waals surface area contributed by atoms with Crippen molar-refractivity contribution in [1.29, 1.82) is 0 Å². The van der Waals surface area contributed by atoms with Gasteiger partial charge in [-0.2, -0.15) is 0 Å². The summed E-state index contributed by atoms with van der Waals surface area (Å²) in [5.74, 6) is 0. The van der Waals surface area contributed by atoms with Crippen LogP contribution in [0.3, 0.4) is 0 Å². The number of unbranched alkanes of at least 4 members (excludes halogenated alkanes) is 2. The van der Waals surface area contributed by atoms with E-state index in [0.717, 1.165) is 36.8 Å². The van der Waals surface area contributed by atoms with E-state index in [2.05, 4.69) is 38.9 Å². The molecule has 0 amide bonds. The van der Waals surface area contributed by atoms with Crippen LogP contribution in [0.5, 0.6) is 0 Å². The first kappa shape index (κ1) is 13.6. The van der Waals surface area contributed by atoms with Crippen molar-refractivity contribution in [1.82, 2.24) is 9.88 Å². The number of nitrogens with zero attached hydrogens (tertiary/aromatic N) is 2. The second-order valence-electron chi connectivity index (χ2n) is 4.03. The molecule has 0 aliphatic rings. The van der Waals surface area contributed by atoms with Crippen LogP contribution in [0.4, 0.5) is 0 Å². The Morgan fingerprint density at radius 1 is 1.31 bits per heavy atom. The van der Waals surface area contributed by atoms with Crippen molar-refractivity contribution >= 4 is 15.9 Å². The molecular formula is C12H19BrN2O. The van der Waals surface area contributed by atoms with Gasteiger partial charge < -0.3 is 10.0 Å². The van der Waals surface area contributed by atoms with Gasteiger partial charge >= 0.3 is 0 Å². The van der Waals surface area contributed by atoms with Gasteiger partial charge in [-0.25, -0.2) is 0 Å². The topological polar surface area (TPSA) is 36.4 Å². The fraction of sp³-hybridized carbons (Fsp3) is 0.583. The second kappa shape index (κ2) is 7.76. The van der Waals surface area contributed by atoms with Gasteiger partial charge in [0.05, 0.1) is 0 Å². The first-order chi connectivity index (χ1) is 7.72. The molecule has 0 fully saturated rings. The van der Waals surface area contributed by atoms with Gasteiger partial charge in [0, 0.05) is 30.0 Å². The molecule has 90 valence electrons. The first-order valence-electron chi connectivity index (χ1n) is 5.61. The van der Waals surface area contributed by atoms with Gasteiger partial charge in [0.2, 0.25) is 0 Å². The van der Waals surface area contributed by atoms with Crippen molar-refractivity contribution in [3.05, 3.63) is 28.5 Å². The Morgan fingerprint density at radius 2 is 2.12 bits per heavy atom. The summed E-state index contributed by atoms with van der Waals surface area (Å²) in [7, 11) is 2.11. The average molecular weight is 287 g/mol. The number of hydrogen-bond acceptors (Lipinski definition) is 3. The van der Waals surface area contributed by atoms with Gasteiger partial charge in [0.1, 0.15) is 0 Å². The van der Waals surface area contributed by atoms with E-state index in [1.807, 2.05) is 6.20 Å². The number of hydrogen-bond donors (Lipinski definition) is 1. The number of rotatable bonds is 7. The number of halogens is 1. The van der Waals surface area contributed by atoms with Gasteiger partial charge in [-0.15, -0.1) is 0 Å². The highest BCUT2D eigenvalue weighted by molar-refractivity contribution is 9.10. The molecule has 1 N–H and O–H groups in total. The zero-order chi connectivity index (χ0) is 11.8. The third-order valence-corrected chi connectivity index (χ3v) is 2.85. The summed E-state index contributed by atoms with van der Waals surface area (Å²) in [5.41, 5.74) is 1.22. The monoisotopic (exact) mass is 286 g/mol. The summed E-state index contributed by atoms with van der Waals surface area (Å²) in [6.07, 6.45) is 6.84. The van der Waals surface area contributed by atoms with Crippen LogP contribution < -0.4 is 0 Å². The van der Waals surface area contributed by atoms with E-state index in [1.54, 1.807) is 6.20 Å². The largest absolute Gasteiger partial charge is 0.396 e. The second-order valence-corrected chi connectivity index (χ2v) is 4.95. The van der Waals surface area contributed by atoms with Crippen LogP contribution in [0.15, 0.2) is 22.9 Å². The van der Waals surface area contributed by atoms with E-state index in [1.165, 1.54) is 5.56 Å². The highest BCUT2D eigenvalue weighted by atomic mass is 79.9. The van der Waals surface area contributed by atoms with Gasteiger partial charge in [0.15, 0.2) is 0 Å². The predicted octanol–water partition coefficient (Wildman–Crippen LogP) is 2.44. The average Bonchev–Trinajstić information content (AvgIpc) is 2.24. The normalized spacial score (nSPS) is 11.0.